The molecule has 16 heavy (non-hydrogen) atoms. The van der Waals surface area contributed by atoms with Gasteiger partial charge in [0.1, 0.15) is 5.76 Å². The summed E-state index contributed by atoms with van der Waals surface area (Å²) in [5.41, 5.74) is 0.814. The fourth-order valence-corrected chi connectivity index (χ4v) is 1.08. The molecule has 0 aliphatic heterocycles. The Morgan fingerprint density at radius 3 is 2.56 bits per heavy atom. The fraction of sp³-hybridized carbons (Fsp3) is 0.545. The van der Waals surface area contributed by atoms with E-state index < -0.39 is 0 Å². The summed E-state index contributed by atoms with van der Waals surface area (Å²) in [6.45, 7) is 8.76. The van der Waals surface area contributed by atoms with Crippen molar-refractivity contribution >= 4 is 5.91 Å². The number of carbonyl (C=O) groups is 1. The summed E-state index contributed by atoms with van der Waals surface area (Å²) in [5.74, 6) is 0.740. The first-order chi connectivity index (χ1) is 7.13. The molecule has 0 saturated heterocycles. The van der Waals surface area contributed by atoms with Crippen LogP contribution in [0.4, 0.5) is 0 Å². The Kier molecular flexibility index (Phi) is 11.3. The summed E-state index contributed by atoms with van der Waals surface area (Å²) in [7, 11) is 1.50. The summed E-state index contributed by atoms with van der Waals surface area (Å²) < 4.78 is 4.91. The van der Waals surface area contributed by atoms with E-state index in [0.29, 0.717) is 6.42 Å². The van der Waals surface area contributed by atoms with Crippen molar-refractivity contribution in [3.05, 3.63) is 29.8 Å². The number of carbonyl (C=O) groups excluding carboxylic acids is 1. The Labute approximate surface area is 122 Å². The molecule has 0 aliphatic rings. The molecule has 0 N–H and O–H groups in total. The Hall–Kier alpha value is -0.216. The molecule has 5 heteroatoms. The maximum atomic E-state index is 11.0. The van der Waals surface area contributed by atoms with E-state index in [1.807, 2.05) is 19.9 Å². The Bertz CT molecular complexity index is 300. The summed E-state index contributed by atoms with van der Waals surface area (Å²) in [6, 6.07) is 1.84. The second kappa shape index (κ2) is 9.97. The van der Waals surface area contributed by atoms with Crippen LogP contribution in [0.15, 0.2) is 10.6 Å². The van der Waals surface area contributed by atoms with Crippen LogP contribution < -0.4 is 0 Å². The van der Waals surface area contributed by atoms with Gasteiger partial charge in [-0.1, -0.05) is 12.1 Å². The molecule has 0 bridgehead atoms. The van der Waals surface area contributed by atoms with Crippen LogP contribution in [-0.2, 0) is 37.5 Å². The second-order valence-electron chi connectivity index (χ2n) is 3.08. The predicted molar refractivity (Wildman–Crippen MR) is 59.6 cm³/mol. The van der Waals surface area contributed by atoms with E-state index in [-0.39, 0.29) is 44.5 Å². The number of hydrogen-bond donors (Lipinski definition) is 0. The molecule has 0 saturated carbocycles. The Morgan fingerprint density at radius 2 is 2.19 bits per heavy atom. The smallest absolute Gasteiger partial charge is 0.133 e. The largest absolute Gasteiger partial charge is 0.656 e. The van der Waals surface area contributed by atoms with Gasteiger partial charge in [-0.25, -0.2) is 0 Å². The second-order valence-corrected chi connectivity index (χ2v) is 3.08. The average Bonchev–Trinajstić information content (AvgIpc) is 2.67. The number of amides is 1. The van der Waals surface area contributed by atoms with Crippen molar-refractivity contribution < 1.29 is 42.0 Å². The molecule has 0 spiro atoms. The van der Waals surface area contributed by atoms with E-state index in [4.69, 9.17) is 4.52 Å². The van der Waals surface area contributed by atoms with Crippen molar-refractivity contribution in [3.63, 3.8) is 0 Å². The van der Waals surface area contributed by atoms with E-state index in [9.17, 15) is 4.79 Å². The zero-order chi connectivity index (χ0) is 11.8. The molecule has 1 radical (unpaired) electrons. The molecule has 0 aliphatic carbocycles. The number of aromatic nitrogens is 1. The van der Waals surface area contributed by atoms with Crippen LogP contribution in [0.5, 0.6) is 0 Å². The first-order valence-electron chi connectivity index (χ1n) is 4.90. The van der Waals surface area contributed by atoms with Gasteiger partial charge in [-0.2, -0.15) is 6.92 Å². The molecular formula is C11H18N2O2Y-2. The quantitative estimate of drug-likeness (QED) is 0.806. The van der Waals surface area contributed by atoms with Crippen LogP contribution in [-0.4, -0.2) is 18.1 Å². The van der Waals surface area contributed by atoms with E-state index in [1.165, 1.54) is 7.05 Å². The van der Waals surface area contributed by atoms with Gasteiger partial charge in [0.25, 0.3) is 0 Å². The first kappa shape index (κ1) is 18.2. The SMILES string of the molecule is C[N-]C(=O)CC(C)c1cc(C)on1.[CH2-]C.[Y]. The van der Waals surface area contributed by atoms with E-state index in [2.05, 4.69) is 17.4 Å². The molecule has 1 unspecified atom stereocenters. The minimum absolute atomic E-state index is 0. The standard InChI is InChI=1S/C9H14N2O2.C2H5.Y/c1-6(4-9(12)10-3)8-5-7(2)13-11-8;1-2;/h5-6H,4H2,1-3H3,(H,10,12);1H2,2H3;/q;-1;/p-1. The summed E-state index contributed by atoms with van der Waals surface area (Å²) in [5, 5.41) is 7.40. The van der Waals surface area contributed by atoms with Crippen molar-refractivity contribution in [2.75, 3.05) is 7.05 Å². The molecule has 1 atom stereocenters. The molecular weight excluding hydrogens is 281 g/mol. The predicted octanol–water partition coefficient (Wildman–Crippen LogP) is 2.84. The number of nitrogens with zero attached hydrogens (tertiary/aromatic N) is 2. The Morgan fingerprint density at radius 1 is 1.62 bits per heavy atom. The normalized spacial score (nSPS) is 10.6. The minimum atomic E-state index is -0.104. The van der Waals surface area contributed by atoms with E-state index in [1.54, 1.807) is 6.92 Å². The molecule has 0 aromatic carbocycles. The van der Waals surface area contributed by atoms with Crippen LogP contribution in [0.3, 0.4) is 0 Å². The maximum absolute atomic E-state index is 11.0. The average molecular weight is 299 g/mol. The van der Waals surface area contributed by atoms with Crippen LogP contribution in [0, 0.1) is 13.8 Å². The van der Waals surface area contributed by atoms with Gasteiger partial charge in [0, 0.05) is 44.7 Å². The molecule has 1 amide bonds. The molecule has 1 aromatic heterocycles. The van der Waals surface area contributed by atoms with Crippen LogP contribution in [0.2, 0.25) is 0 Å². The maximum Gasteiger partial charge on any atom is 0.133 e. The topological polar surface area (TPSA) is 57.2 Å². The van der Waals surface area contributed by atoms with E-state index >= 15 is 0 Å². The number of rotatable bonds is 3. The van der Waals surface area contributed by atoms with Gasteiger partial charge < -0.3 is 21.6 Å². The fourth-order valence-electron chi connectivity index (χ4n) is 1.08. The minimum Gasteiger partial charge on any atom is -0.656 e. The van der Waals surface area contributed by atoms with Gasteiger partial charge >= 0.3 is 0 Å². The third-order valence-corrected chi connectivity index (χ3v) is 1.88. The third-order valence-electron chi connectivity index (χ3n) is 1.88. The number of hydrogen-bond acceptors (Lipinski definition) is 3. The van der Waals surface area contributed by atoms with Crippen molar-refractivity contribution in [3.8, 4) is 0 Å². The van der Waals surface area contributed by atoms with Gasteiger partial charge in [-0.3, -0.25) is 0 Å². The van der Waals surface area contributed by atoms with Gasteiger partial charge in [0.15, 0.2) is 0 Å². The van der Waals surface area contributed by atoms with Crippen molar-refractivity contribution in [2.45, 2.75) is 33.1 Å². The summed E-state index contributed by atoms with van der Waals surface area (Å²) >= 11 is 0. The molecule has 1 rings (SSSR count). The molecule has 4 nitrogen and oxygen atoms in total. The van der Waals surface area contributed by atoms with Gasteiger partial charge in [-0.05, 0) is 13.3 Å². The zero-order valence-corrected chi connectivity index (χ0v) is 13.2. The van der Waals surface area contributed by atoms with Crippen molar-refractivity contribution in [1.29, 1.82) is 0 Å². The van der Waals surface area contributed by atoms with E-state index in [0.717, 1.165) is 11.5 Å². The number of aryl methyl sites for hydroxylation is 1. The molecule has 0 fully saturated rings. The monoisotopic (exact) mass is 299 g/mol. The van der Waals surface area contributed by atoms with Crippen LogP contribution in [0.1, 0.15) is 37.6 Å². The van der Waals surface area contributed by atoms with Gasteiger partial charge in [0.05, 0.1) is 11.6 Å². The first-order valence-corrected chi connectivity index (χ1v) is 4.90. The molecule has 89 valence electrons. The van der Waals surface area contributed by atoms with Crippen molar-refractivity contribution in [2.24, 2.45) is 0 Å². The van der Waals surface area contributed by atoms with Crippen molar-refractivity contribution in [1.82, 2.24) is 5.16 Å². The summed E-state index contributed by atoms with van der Waals surface area (Å²) in [6.07, 6.45) is 0.391. The Balaban J connectivity index is 0. The van der Waals surface area contributed by atoms with Gasteiger partial charge in [0.2, 0.25) is 0 Å². The summed E-state index contributed by atoms with van der Waals surface area (Å²) in [4.78, 5) is 11.0. The van der Waals surface area contributed by atoms with Crippen LogP contribution >= 0.6 is 0 Å². The zero-order valence-electron chi connectivity index (χ0n) is 10.4. The molecule has 1 aromatic rings. The molecule has 1 heterocycles. The van der Waals surface area contributed by atoms with Crippen LogP contribution in [0.25, 0.3) is 5.32 Å². The third kappa shape index (κ3) is 6.38. The van der Waals surface area contributed by atoms with Gasteiger partial charge in [-0.15, -0.1) is 7.05 Å².